The predicted molar refractivity (Wildman–Crippen MR) is 76.9 cm³/mol. The van der Waals surface area contributed by atoms with Crippen LogP contribution in [0.15, 0.2) is 29.3 Å². The Hall–Kier alpha value is -2.63. The van der Waals surface area contributed by atoms with Crippen LogP contribution >= 0.6 is 0 Å². The number of nitrogens with one attached hydrogen (secondary N) is 2. The predicted octanol–water partition coefficient (Wildman–Crippen LogP) is 1.99. The zero-order valence-electron chi connectivity index (χ0n) is 11.1. The number of Topliss-reactive ketones (excluding diaryl/α,β-unsaturated/α-hetero) is 2. The second-order valence-electron chi connectivity index (χ2n) is 3.85. The number of ketones is 2. The van der Waals surface area contributed by atoms with Crippen molar-refractivity contribution < 1.29 is 14.3 Å². The van der Waals surface area contributed by atoms with E-state index in [0.29, 0.717) is 11.4 Å². The maximum Gasteiger partial charge on any atom is 0.189 e. The van der Waals surface area contributed by atoms with Crippen LogP contribution in [-0.4, -0.2) is 36.8 Å². The van der Waals surface area contributed by atoms with Crippen molar-refractivity contribution >= 4 is 35.4 Å². The molecule has 2 N–H and O–H groups in total. The van der Waals surface area contributed by atoms with E-state index in [1.165, 1.54) is 6.21 Å². The molecule has 6 heteroatoms. The number of benzene rings is 1. The van der Waals surface area contributed by atoms with E-state index in [0.717, 1.165) is 6.21 Å². The first-order valence-electron chi connectivity index (χ1n) is 5.89. The van der Waals surface area contributed by atoms with Gasteiger partial charge in [0.25, 0.3) is 0 Å². The summed E-state index contributed by atoms with van der Waals surface area (Å²) in [5.74, 6) is -0.608. The highest BCUT2D eigenvalue weighted by Gasteiger charge is 2.15. The summed E-state index contributed by atoms with van der Waals surface area (Å²) >= 11 is 0. The summed E-state index contributed by atoms with van der Waals surface area (Å²) in [6.07, 6.45) is 1.87. The van der Waals surface area contributed by atoms with Crippen LogP contribution in [0, 0.1) is 10.8 Å². The highest BCUT2D eigenvalue weighted by molar-refractivity contribution is 6.66. The van der Waals surface area contributed by atoms with Crippen molar-refractivity contribution in [3.8, 4) is 5.75 Å². The first-order chi connectivity index (χ1) is 9.58. The van der Waals surface area contributed by atoms with Crippen molar-refractivity contribution in [1.82, 2.24) is 0 Å². The number of hydrogen-bond acceptors (Lipinski definition) is 6. The average Bonchev–Trinajstić information content (AvgIpc) is 2.46. The van der Waals surface area contributed by atoms with Gasteiger partial charge in [-0.05, 0) is 12.1 Å². The molecule has 0 saturated carbocycles. The third-order valence-corrected chi connectivity index (χ3v) is 2.42. The Morgan fingerprint density at radius 3 is 2.65 bits per heavy atom. The van der Waals surface area contributed by atoms with E-state index in [1.807, 2.05) is 0 Å². The lowest BCUT2D eigenvalue weighted by molar-refractivity contribution is -0.115. The zero-order valence-corrected chi connectivity index (χ0v) is 11.1. The first kappa shape index (κ1) is 15.4. The van der Waals surface area contributed by atoms with Crippen LogP contribution in [0.2, 0.25) is 0 Å². The molecule has 6 nitrogen and oxygen atoms in total. The highest BCUT2D eigenvalue weighted by Crippen LogP contribution is 2.18. The van der Waals surface area contributed by atoms with E-state index < -0.39 is 17.3 Å². The molecule has 0 fully saturated rings. The van der Waals surface area contributed by atoms with E-state index in [1.54, 1.807) is 31.4 Å². The van der Waals surface area contributed by atoms with Gasteiger partial charge in [0, 0.05) is 31.3 Å². The summed E-state index contributed by atoms with van der Waals surface area (Å²) in [6, 6.07) is 6.99. The lowest BCUT2D eigenvalue weighted by Crippen LogP contribution is -2.23. The van der Waals surface area contributed by atoms with E-state index in [-0.39, 0.29) is 12.8 Å². The van der Waals surface area contributed by atoms with Crippen molar-refractivity contribution in [3.05, 3.63) is 24.3 Å². The number of carbonyl (C=O) groups excluding carboxylic acids is 2. The summed E-state index contributed by atoms with van der Waals surface area (Å²) < 4.78 is 5.04. The van der Waals surface area contributed by atoms with Gasteiger partial charge in [-0.15, -0.1) is 0 Å². The maximum atomic E-state index is 11.5. The standard InChI is InChI=1S/C14H15N3O3/c1-20-11-4-2-3-10(9-11)17-8-6-13(19)14(16)12(18)5-7-15/h2-4,7-9,15-16H,5-6H2,1H3. The Bertz CT molecular complexity index is 565. The Balaban J connectivity index is 2.59. The van der Waals surface area contributed by atoms with Gasteiger partial charge in [-0.25, -0.2) is 0 Å². The van der Waals surface area contributed by atoms with Gasteiger partial charge in [0.2, 0.25) is 0 Å². The van der Waals surface area contributed by atoms with Crippen LogP contribution in [0.4, 0.5) is 5.69 Å². The summed E-state index contributed by atoms with van der Waals surface area (Å²) in [6.45, 7) is 0. The maximum absolute atomic E-state index is 11.5. The fourth-order valence-electron chi connectivity index (χ4n) is 1.38. The minimum atomic E-state index is -0.653. The molecule has 1 aromatic carbocycles. The number of methoxy groups -OCH3 is 1. The minimum absolute atomic E-state index is 0.125. The molecule has 0 bridgehead atoms. The average molecular weight is 273 g/mol. The van der Waals surface area contributed by atoms with E-state index >= 15 is 0 Å². The summed E-state index contributed by atoms with van der Waals surface area (Å²) in [5.41, 5.74) is 0.0279. The molecule has 0 amide bonds. The van der Waals surface area contributed by atoms with Crippen LogP contribution in [-0.2, 0) is 9.59 Å². The molecule has 0 aliphatic heterocycles. The second-order valence-corrected chi connectivity index (χ2v) is 3.85. The highest BCUT2D eigenvalue weighted by atomic mass is 16.5. The summed E-state index contributed by atoms with van der Waals surface area (Å²) in [7, 11) is 1.54. The van der Waals surface area contributed by atoms with Crippen molar-refractivity contribution in [1.29, 1.82) is 10.8 Å². The molecular formula is C14H15N3O3. The molecular weight excluding hydrogens is 258 g/mol. The SMILES string of the molecule is COc1cccc(N=CCC(=O)C(=N)C(=O)CC=N)c1. The Labute approximate surface area is 116 Å². The monoisotopic (exact) mass is 273 g/mol. The Morgan fingerprint density at radius 2 is 2.00 bits per heavy atom. The quantitative estimate of drug-likeness (QED) is 0.559. The molecule has 0 aliphatic carbocycles. The number of aliphatic imine (C=N–C) groups is 1. The smallest absolute Gasteiger partial charge is 0.189 e. The number of rotatable bonds is 8. The third-order valence-electron chi connectivity index (χ3n) is 2.42. The van der Waals surface area contributed by atoms with Crippen LogP contribution in [0.1, 0.15) is 12.8 Å². The largest absolute Gasteiger partial charge is 0.497 e. The lowest BCUT2D eigenvalue weighted by atomic mass is 10.1. The van der Waals surface area contributed by atoms with Gasteiger partial charge in [-0.3, -0.25) is 20.0 Å². The van der Waals surface area contributed by atoms with Gasteiger partial charge in [0.1, 0.15) is 11.5 Å². The summed E-state index contributed by atoms with van der Waals surface area (Å²) in [4.78, 5) is 26.8. The number of ether oxygens (including phenoxy) is 1. The summed E-state index contributed by atoms with van der Waals surface area (Å²) in [5, 5.41) is 14.1. The van der Waals surface area contributed by atoms with Gasteiger partial charge in [0.05, 0.1) is 12.8 Å². The number of nitrogens with zero attached hydrogens (tertiary/aromatic N) is 1. The molecule has 0 unspecified atom stereocenters. The Kier molecular flexibility index (Phi) is 5.96. The molecule has 1 rings (SSSR count). The zero-order chi connectivity index (χ0) is 15.0. The normalized spacial score (nSPS) is 10.2. The molecule has 1 aromatic rings. The van der Waals surface area contributed by atoms with E-state index in [4.69, 9.17) is 15.6 Å². The van der Waals surface area contributed by atoms with Crippen LogP contribution in [0.25, 0.3) is 0 Å². The van der Waals surface area contributed by atoms with Crippen molar-refractivity contribution in [2.75, 3.05) is 7.11 Å². The van der Waals surface area contributed by atoms with Crippen molar-refractivity contribution in [2.45, 2.75) is 12.8 Å². The number of hydrogen-bond donors (Lipinski definition) is 2. The van der Waals surface area contributed by atoms with Crippen LogP contribution in [0.5, 0.6) is 5.75 Å². The van der Waals surface area contributed by atoms with E-state index in [9.17, 15) is 9.59 Å². The van der Waals surface area contributed by atoms with Gasteiger partial charge in [-0.1, -0.05) is 6.07 Å². The van der Waals surface area contributed by atoms with E-state index in [2.05, 4.69) is 4.99 Å². The fraction of sp³-hybridized carbons (Fsp3) is 0.214. The minimum Gasteiger partial charge on any atom is -0.497 e. The number of carbonyl (C=O) groups is 2. The van der Waals surface area contributed by atoms with Gasteiger partial charge < -0.3 is 10.1 Å². The molecule has 0 aromatic heterocycles. The second kappa shape index (κ2) is 7.73. The molecule has 0 aliphatic rings. The Morgan fingerprint density at radius 1 is 1.30 bits per heavy atom. The molecule has 0 saturated heterocycles. The topological polar surface area (TPSA) is 103 Å². The molecule has 0 radical (unpaired) electrons. The van der Waals surface area contributed by atoms with Gasteiger partial charge in [0.15, 0.2) is 11.6 Å². The molecule has 0 atom stereocenters. The lowest BCUT2D eigenvalue weighted by Gasteiger charge is -2.00. The van der Waals surface area contributed by atoms with Crippen molar-refractivity contribution in [3.63, 3.8) is 0 Å². The fourth-order valence-corrected chi connectivity index (χ4v) is 1.38. The first-order valence-corrected chi connectivity index (χ1v) is 5.89. The van der Waals surface area contributed by atoms with Gasteiger partial charge >= 0.3 is 0 Å². The molecule has 0 heterocycles. The molecule has 0 spiro atoms. The third kappa shape index (κ3) is 4.56. The van der Waals surface area contributed by atoms with Crippen LogP contribution < -0.4 is 4.74 Å². The van der Waals surface area contributed by atoms with Crippen LogP contribution in [0.3, 0.4) is 0 Å². The van der Waals surface area contributed by atoms with Gasteiger partial charge in [-0.2, -0.15) is 0 Å². The van der Waals surface area contributed by atoms with Crippen molar-refractivity contribution in [2.24, 2.45) is 4.99 Å². The molecule has 104 valence electrons. The molecule has 20 heavy (non-hydrogen) atoms.